The maximum atomic E-state index is 13.0. The smallest absolute Gasteiger partial charge is 0.270 e. The van der Waals surface area contributed by atoms with Gasteiger partial charge in [-0.1, -0.05) is 72.5 Å². The van der Waals surface area contributed by atoms with Crippen LogP contribution in [0.1, 0.15) is 16.7 Å². The molecule has 4 rings (SSSR count). The molecule has 0 aliphatic carbocycles. The highest BCUT2D eigenvalue weighted by atomic mass is 32.2. The Kier molecular flexibility index (Phi) is 6.91. The third-order valence-corrected chi connectivity index (χ3v) is 6.42. The number of carbonyl (C=O) groups excluding carboxylic acids is 2. The molecule has 3 aromatic rings. The monoisotopic (exact) mass is 474 g/mol. The van der Waals surface area contributed by atoms with Crippen LogP contribution in [0, 0.1) is 13.8 Å². The van der Waals surface area contributed by atoms with E-state index in [0.717, 1.165) is 28.1 Å². The average molecular weight is 475 g/mol. The second kappa shape index (κ2) is 10.0. The molecule has 5 nitrogen and oxygen atoms in total. The lowest BCUT2D eigenvalue weighted by atomic mass is 10.1. The Hall–Kier alpha value is -3.42. The summed E-state index contributed by atoms with van der Waals surface area (Å²) in [7, 11) is 0. The van der Waals surface area contributed by atoms with Crippen molar-refractivity contribution in [2.24, 2.45) is 0 Å². The molecule has 1 heterocycles. The van der Waals surface area contributed by atoms with Crippen molar-refractivity contribution in [3.8, 4) is 5.75 Å². The van der Waals surface area contributed by atoms with Crippen LogP contribution in [0.3, 0.4) is 0 Å². The molecule has 0 atom stereocenters. The molecular weight excluding hydrogens is 452 g/mol. The van der Waals surface area contributed by atoms with E-state index in [1.807, 2.05) is 80.6 Å². The summed E-state index contributed by atoms with van der Waals surface area (Å²) in [5.74, 6) is 0.209. The minimum Gasteiger partial charge on any atom is -0.484 e. The van der Waals surface area contributed by atoms with Crippen molar-refractivity contribution in [3.63, 3.8) is 0 Å². The Labute approximate surface area is 202 Å². The van der Waals surface area contributed by atoms with E-state index in [1.54, 1.807) is 17.0 Å². The molecular formula is C26H22N2O3S2. The number of ether oxygens (including phenoxy) is 1. The van der Waals surface area contributed by atoms with E-state index in [-0.39, 0.29) is 18.4 Å². The van der Waals surface area contributed by atoms with E-state index in [2.05, 4.69) is 5.32 Å². The number of thiocarbonyl (C=S) groups is 1. The van der Waals surface area contributed by atoms with Crippen LogP contribution < -0.4 is 15.0 Å². The first-order valence-corrected chi connectivity index (χ1v) is 11.6. The third kappa shape index (κ3) is 5.32. The molecule has 2 amide bonds. The van der Waals surface area contributed by atoms with E-state index in [4.69, 9.17) is 17.0 Å². The quantitative estimate of drug-likeness (QED) is 0.365. The molecule has 1 aliphatic rings. The van der Waals surface area contributed by atoms with E-state index in [1.165, 1.54) is 11.8 Å². The van der Waals surface area contributed by atoms with Gasteiger partial charge in [0.25, 0.3) is 11.8 Å². The molecule has 0 aromatic heterocycles. The largest absolute Gasteiger partial charge is 0.484 e. The van der Waals surface area contributed by atoms with Gasteiger partial charge in [0.15, 0.2) is 10.9 Å². The fourth-order valence-electron chi connectivity index (χ4n) is 3.35. The summed E-state index contributed by atoms with van der Waals surface area (Å²) in [5.41, 5.74) is 4.39. The molecule has 166 valence electrons. The molecule has 1 fully saturated rings. The van der Waals surface area contributed by atoms with E-state index in [0.29, 0.717) is 15.0 Å². The van der Waals surface area contributed by atoms with E-state index < -0.39 is 0 Å². The zero-order valence-corrected chi connectivity index (χ0v) is 19.8. The van der Waals surface area contributed by atoms with Crippen LogP contribution >= 0.6 is 24.0 Å². The molecule has 1 aliphatic heterocycles. The van der Waals surface area contributed by atoms with Gasteiger partial charge >= 0.3 is 0 Å². The molecule has 0 unspecified atom stereocenters. The minimum atomic E-state index is -0.228. The number of benzene rings is 3. The van der Waals surface area contributed by atoms with Crippen molar-refractivity contribution in [2.75, 3.05) is 16.8 Å². The summed E-state index contributed by atoms with van der Waals surface area (Å²) in [6.45, 7) is 3.80. The van der Waals surface area contributed by atoms with Gasteiger partial charge in [-0.05, 0) is 60.9 Å². The number of nitrogens with zero attached hydrogens (tertiary/aromatic N) is 1. The summed E-state index contributed by atoms with van der Waals surface area (Å²) in [6.07, 6.45) is 1.81. The predicted octanol–water partition coefficient (Wildman–Crippen LogP) is 5.73. The number of para-hydroxylation sites is 2. The number of amides is 2. The highest BCUT2D eigenvalue weighted by Gasteiger charge is 2.33. The fourth-order valence-corrected chi connectivity index (χ4v) is 4.63. The van der Waals surface area contributed by atoms with Crippen molar-refractivity contribution in [3.05, 3.63) is 94.4 Å². The third-order valence-electron chi connectivity index (χ3n) is 5.12. The molecule has 1 saturated heterocycles. The topological polar surface area (TPSA) is 58.6 Å². The molecule has 7 heteroatoms. The number of hydrogen-bond acceptors (Lipinski definition) is 5. The van der Waals surface area contributed by atoms with Gasteiger partial charge in [-0.15, -0.1) is 0 Å². The number of anilines is 2. The van der Waals surface area contributed by atoms with Crippen molar-refractivity contribution < 1.29 is 14.3 Å². The number of hydrogen-bond donors (Lipinski definition) is 1. The van der Waals surface area contributed by atoms with E-state index >= 15 is 0 Å². The van der Waals surface area contributed by atoms with Crippen LogP contribution in [0.2, 0.25) is 0 Å². The number of carbonyl (C=O) groups is 2. The summed E-state index contributed by atoms with van der Waals surface area (Å²) < 4.78 is 6.11. The average Bonchev–Trinajstić information content (AvgIpc) is 3.08. The van der Waals surface area contributed by atoms with Gasteiger partial charge in [0.05, 0.1) is 10.6 Å². The Morgan fingerprint density at radius 1 is 1.00 bits per heavy atom. The van der Waals surface area contributed by atoms with Gasteiger partial charge in [-0.2, -0.15) is 0 Å². The van der Waals surface area contributed by atoms with Crippen LogP contribution in [0.4, 0.5) is 11.4 Å². The van der Waals surface area contributed by atoms with Gasteiger partial charge in [0.1, 0.15) is 5.75 Å². The van der Waals surface area contributed by atoms with Crippen LogP contribution in [0.5, 0.6) is 5.75 Å². The fraction of sp³-hybridized carbons (Fsp3) is 0.115. The van der Waals surface area contributed by atoms with Gasteiger partial charge in [0, 0.05) is 5.69 Å². The van der Waals surface area contributed by atoms with Crippen molar-refractivity contribution >= 4 is 57.6 Å². The molecule has 0 saturated carbocycles. The standard InChI is InChI=1S/C26H22N2O3S2/c1-17-7-3-5-9-21(17)27-24(29)16-31-20-13-11-19(12-14-20)15-23-25(30)28(26(32)33-23)22-10-6-4-8-18(22)2/h3-15H,16H2,1-2H3,(H,27,29)/b23-15-. The van der Waals surface area contributed by atoms with Gasteiger partial charge in [-0.25, -0.2) is 0 Å². The first-order chi connectivity index (χ1) is 15.9. The zero-order chi connectivity index (χ0) is 23.4. The maximum absolute atomic E-state index is 13.0. The van der Waals surface area contributed by atoms with Crippen molar-refractivity contribution in [1.29, 1.82) is 0 Å². The number of thioether (sulfide) groups is 1. The van der Waals surface area contributed by atoms with Crippen LogP contribution in [-0.2, 0) is 9.59 Å². The van der Waals surface area contributed by atoms with Crippen LogP contribution in [0.25, 0.3) is 6.08 Å². The molecule has 33 heavy (non-hydrogen) atoms. The summed E-state index contributed by atoms with van der Waals surface area (Å²) in [6, 6.07) is 22.5. The van der Waals surface area contributed by atoms with Crippen molar-refractivity contribution in [2.45, 2.75) is 13.8 Å². The highest BCUT2D eigenvalue weighted by Crippen LogP contribution is 2.37. The molecule has 0 spiro atoms. The lowest BCUT2D eigenvalue weighted by Crippen LogP contribution is -2.28. The normalized spacial score (nSPS) is 14.6. The van der Waals surface area contributed by atoms with Gasteiger partial charge < -0.3 is 10.1 Å². The zero-order valence-electron chi connectivity index (χ0n) is 18.2. The first kappa shape index (κ1) is 22.8. The Morgan fingerprint density at radius 2 is 1.67 bits per heavy atom. The number of aryl methyl sites for hydroxylation is 2. The molecule has 0 radical (unpaired) electrons. The summed E-state index contributed by atoms with van der Waals surface area (Å²) in [5, 5.41) is 2.84. The SMILES string of the molecule is Cc1ccccc1NC(=O)COc1ccc(/C=C2\SC(=S)N(c3ccccc3C)C2=O)cc1. The number of rotatable bonds is 6. The Balaban J connectivity index is 1.39. The second-order valence-corrected chi connectivity index (χ2v) is 9.20. The highest BCUT2D eigenvalue weighted by molar-refractivity contribution is 8.27. The lowest BCUT2D eigenvalue weighted by molar-refractivity contribution is -0.118. The Bertz CT molecular complexity index is 1250. The second-order valence-electron chi connectivity index (χ2n) is 7.52. The van der Waals surface area contributed by atoms with Crippen LogP contribution in [-0.4, -0.2) is 22.7 Å². The molecule has 1 N–H and O–H groups in total. The van der Waals surface area contributed by atoms with Crippen molar-refractivity contribution in [1.82, 2.24) is 0 Å². The lowest BCUT2D eigenvalue weighted by Gasteiger charge is -2.16. The molecule has 3 aromatic carbocycles. The molecule has 0 bridgehead atoms. The van der Waals surface area contributed by atoms with Gasteiger partial charge in [0.2, 0.25) is 0 Å². The first-order valence-electron chi connectivity index (χ1n) is 10.3. The maximum Gasteiger partial charge on any atom is 0.270 e. The predicted molar refractivity (Wildman–Crippen MR) is 139 cm³/mol. The van der Waals surface area contributed by atoms with E-state index in [9.17, 15) is 9.59 Å². The van der Waals surface area contributed by atoms with Crippen LogP contribution in [0.15, 0.2) is 77.7 Å². The summed E-state index contributed by atoms with van der Waals surface area (Å²) in [4.78, 5) is 27.3. The summed E-state index contributed by atoms with van der Waals surface area (Å²) >= 11 is 6.74. The van der Waals surface area contributed by atoms with Gasteiger partial charge in [-0.3, -0.25) is 14.5 Å². The minimum absolute atomic E-state index is 0.0945. The Morgan fingerprint density at radius 3 is 2.36 bits per heavy atom. The number of nitrogens with one attached hydrogen (secondary N) is 1.